The third-order valence-electron chi connectivity index (χ3n) is 5.36. The number of carbonyl (C=O) groups is 2. The number of furan rings is 1. The molecule has 2 heterocycles. The minimum atomic E-state index is -0.256. The molecule has 0 saturated carbocycles. The van der Waals surface area contributed by atoms with Crippen molar-refractivity contribution >= 4 is 29.3 Å². The average molecular weight is 476 g/mol. The number of carbonyl (C=O) groups excluding carboxylic acids is 2. The van der Waals surface area contributed by atoms with Crippen molar-refractivity contribution < 1.29 is 14.0 Å². The molecule has 0 spiro atoms. The Morgan fingerprint density at radius 2 is 1.79 bits per heavy atom. The summed E-state index contributed by atoms with van der Waals surface area (Å²) >= 11 is 1.27. The number of nitrogens with zero attached hydrogens (tertiary/aromatic N) is 3. The van der Waals surface area contributed by atoms with E-state index in [0.29, 0.717) is 22.2 Å². The molecule has 0 unspecified atom stereocenters. The number of nitrogens with one attached hydrogen (secondary N) is 2. The van der Waals surface area contributed by atoms with Crippen LogP contribution in [0.2, 0.25) is 0 Å². The monoisotopic (exact) mass is 475 g/mol. The molecule has 0 bridgehead atoms. The quantitative estimate of drug-likeness (QED) is 0.361. The normalized spacial score (nSPS) is 11.7. The summed E-state index contributed by atoms with van der Waals surface area (Å²) in [4.78, 5) is 25.6. The van der Waals surface area contributed by atoms with E-state index in [-0.39, 0.29) is 23.6 Å². The molecule has 9 heteroatoms. The standard InChI is InChI=1S/C25H25N5O3S/c1-16(18-9-5-4-6-10-18)26-24(32)20-11-7-8-12-21(20)27-22(31)15-34-25-29-28-23(30(25)3)19-13-14-33-17(19)2/h4-14,16H,15H2,1-3H3,(H,26,32)(H,27,31)/t16-/m1/s1. The predicted octanol–water partition coefficient (Wildman–Crippen LogP) is 4.61. The van der Waals surface area contributed by atoms with Gasteiger partial charge in [-0.2, -0.15) is 0 Å². The van der Waals surface area contributed by atoms with Gasteiger partial charge in [-0.1, -0.05) is 54.2 Å². The molecule has 0 aliphatic carbocycles. The van der Waals surface area contributed by atoms with Gasteiger partial charge in [0, 0.05) is 7.05 Å². The van der Waals surface area contributed by atoms with E-state index >= 15 is 0 Å². The van der Waals surface area contributed by atoms with Crippen molar-refractivity contribution in [3.63, 3.8) is 0 Å². The molecule has 0 saturated heterocycles. The third-order valence-corrected chi connectivity index (χ3v) is 6.38. The van der Waals surface area contributed by atoms with Crippen LogP contribution in [0.15, 0.2) is 76.5 Å². The van der Waals surface area contributed by atoms with Crippen LogP contribution in [-0.2, 0) is 11.8 Å². The van der Waals surface area contributed by atoms with Crippen molar-refractivity contribution in [2.45, 2.75) is 25.0 Å². The van der Waals surface area contributed by atoms with Crippen molar-refractivity contribution in [2.24, 2.45) is 7.05 Å². The van der Waals surface area contributed by atoms with E-state index in [1.807, 2.05) is 61.9 Å². The van der Waals surface area contributed by atoms with Gasteiger partial charge in [-0.05, 0) is 37.6 Å². The Hall–Kier alpha value is -3.85. The van der Waals surface area contributed by atoms with Gasteiger partial charge < -0.3 is 19.6 Å². The maximum absolute atomic E-state index is 12.9. The first-order valence-electron chi connectivity index (χ1n) is 10.8. The van der Waals surface area contributed by atoms with Crippen molar-refractivity contribution in [1.29, 1.82) is 0 Å². The molecular weight excluding hydrogens is 450 g/mol. The molecule has 34 heavy (non-hydrogen) atoms. The summed E-state index contributed by atoms with van der Waals surface area (Å²) in [6, 6.07) is 18.3. The average Bonchev–Trinajstić information content (AvgIpc) is 3.43. The highest BCUT2D eigenvalue weighted by Gasteiger charge is 2.18. The van der Waals surface area contributed by atoms with Crippen LogP contribution in [0.3, 0.4) is 0 Å². The second kappa shape index (κ2) is 10.4. The topological polar surface area (TPSA) is 102 Å². The van der Waals surface area contributed by atoms with E-state index in [1.165, 1.54) is 11.8 Å². The van der Waals surface area contributed by atoms with Gasteiger partial charge in [-0.15, -0.1) is 10.2 Å². The molecule has 0 fully saturated rings. The Kier molecular flexibility index (Phi) is 7.12. The molecule has 4 aromatic rings. The van der Waals surface area contributed by atoms with E-state index in [9.17, 15) is 9.59 Å². The summed E-state index contributed by atoms with van der Waals surface area (Å²) in [5, 5.41) is 14.8. The van der Waals surface area contributed by atoms with Crippen molar-refractivity contribution in [2.75, 3.05) is 11.1 Å². The van der Waals surface area contributed by atoms with Crippen LogP contribution in [0.5, 0.6) is 0 Å². The lowest BCUT2D eigenvalue weighted by Gasteiger charge is -2.16. The minimum absolute atomic E-state index is 0.118. The van der Waals surface area contributed by atoms with Gasteiger partial charge in [0.15, 0.2) is 11.0 Å². The highest BCUT2D eigenvalue weighted by atomic mass is 32.2. The number of anilines is 1. The molecule has 2 N–H and O–H groups in total. The first-order valence-corrected chi connectivity index (χ1v) is 11.7. The summed E-state index contributed by atoms with van der Waals surface area (Å²) < 4.78 is 7.16. The number of benzene rings is 2. The zero-order valence-corrected chi connectivity index (χ0v) is 19.9. The van der Waals surface area contributed by atoms with E-state index in [2.05, 4.69) is 20.8 Å². The Labute approximate surface area is 201 Å². The van der Waals surface area contributed by atoms with Gasteiger partial charge in [-0.25, -0.2) is 0 Å². The highest BCUT2D eigenvalue weighted by molar-refractivity contribution is 7.99. The second-order valence-electron chi connectivity index (χ2n) is 7.74. The number of hydrogen-bond donors (Lipinski definition) is 2. The van der Waals surface area contributed by atoms with Crippen molar-refractivity contribution in [3.05, 3.63) is 83.8 Å². The van der Waals surface area contributed by atoms with E-state index in [4.69, 9.17) is 4.42 Å². The Balaban J connectivity index is 1.39. The third kappa shape index (κ3) is 5.20. The van der Waals surface area contributed by atoms with E-state index in [0.717, 1.165) is 16.9 Å². The van der Waals surface area contributed by atoms with Gasteiger partial charge in [0.2, 0.25) is 5.91 Å². The summed E-state index contributed by atoms with van der Waals surface area (Å²) in [6.45, 7) is 3.78. The zero-order chi connectivity index (χ0) is 24.1. The number of para-hydroxylation sites is 1. The summed E-state index contributed by atoms with van der Waals surface area (Å²) in [7, 11) is 1.84. The number of hydrogen-bond acceptors (Lipinski definition) is 6. The lowest BCUT2D eigenvalue weighted by atomic mass is 10.1. The number of thioether (sulfide) groups is 1. The van der Waals surface area contributed by atoms with Crippen LogP contribution in [0, 0.1) is 6.92 Å². The van der Waals surface area contributed by atoms with Crippen LogP contribution in [-0.4, -0.2) is 32.3 Å². The van der Waals surface area contributed by atoms with Gasteiger partial charge in [0.25, 0.3) is 5.91 Å². The molecular formula is C25H25N5O3S. The largest absolute Gasteiger partial charge is 0.469 e. The smallest absolute Gasteiger partial charge is 0.253 e. The fourth-order valence-electron chi connectivity index (χ4n) is 3.50. The molecule has 2 aromatic carbocycles. The van der Waals surface area contributed by atoms with Crippen molar-refractivity contribution in [3.8, 4) is 11.4 Å². The first-order chi connectivity index (χ1) is 16.4. The fraction of sp³-hybridized carbons (Fsp3) is 0.200. The zero-order valence-electron chi connectivity index (χ0n) is 19.1. The maximum atomic E-state index is 12.9. The molecule has 1 atom stereocenters. The van der Waals surface area contributed by atoms with Gasteiger partial charge in [-0.3, -0.25) is 9.59 Å². The Morgan fingerprint density at radius 1 is 1.06 bits per heavy atom. The summed E-state index contributed by atoms with van der Waals surface area (Å²) in [6.07, 6.45) is 1.60. The molecule has 8 nitrogen and oxygen atoms in total. The van der Waals surface area contributed by atoms with Crippen LogP contribution in [0.4, 0.5) is 5.69 Å². The van der Waals surface area contributed by atoms with Crippen molar-refractivity contribution in [1.82, 2.24) is 20.1 Å². The minimum Gasteiger partial charge on any atom is -0.469 e. The number of amides is 2. The van der Waals surface area contributed by atoms with Crippen LogP contribution < -0.4 is 10.6 Å². The molecule has 2 amide bonds. The molecule has 4 rings (SSSR count). The van der Waals surface area contributed by atoms with Gasteiger partial charge >= 0.3 is 0 Å². The van der Waals surface area contributed by atoms with E-state index in [1.54, 1.807) is 30.5 Å². The molecule has 0 aliphatic rings. The number of aromatic nitrogens is 3. The lowest BCUT2D eigenvalue weighted by Crippen LogP contribution is -2.28. The van der Waals surface area contributed by atoms with Crippen LogP contribution in [0.25, 0.3) is 11.4 Å². The Bertz CT molecular complexity index is 1300. The maximum Gasteiger partial charge on any atom is 0.253 e. The van der Waals surface area contributed by atoms with Crippen LogP contribution in [0.1, 0.15) is 34.6 Å². The van der Waals surface area contributed by atoms with Gasteiger partial charge in [0.05, 0.1) is 34.9 Å². The summed E-state index contributed by atoms with van der Waals surface area (Å²) in [5.41, 5.74) is 2.72. The second-order valence-corrected chi connectivity index (χ2v) is 8.69. The molecule has 0 radical (unpaired) electrons. The summed E-state index contributed by atoms with van der Waals surface area (Å²) in [5.74, 6) is 1.04. The highest BCUT2D eigenvalue weighted by Crippen LogP contribution is 2.26. The Morgan fingerprint density at radius 3 is 2.53 bits per heavy atom. The molecule has 174 valence electrons. The lowest BCUT2D eigenvalue weighted by molar-refractivity contribution is -0.113. The molecule has 0 aliphatic heterocycles. The first kappa shape index (κ1) is 23.3. The van der Waals surface area contributed by atoms with E-state index < -0.39 is 0 Å². The van der Waals surface area contributed by atoms with Crippen LogP contribution >= 0.6 is 11.8 Å². The fourth-order valence-corrected chi connectivity index (χ4v) is 4.21. The predicted molar refractivity (Wildman–Crippen MR) is 132 cm³/mol. The number of aryl methyl sites for hydroxylation is 1. The molecule has 2 aromatic heterocycles. The van der Waals surface area contributed by atoms with Gasteiger partial charge in [0.1, 0.15) is 5.76 Å². The number of rotatable bonds is 8. The SMILES string of the molecule is Cc1occc1-c1nnc(SCC(=O)Nc2ccccc2C(=O)N[C@H](C)c2ccccc2)n1C.